The second-order valence-corrected chi connectivity index (χ2v) is 4.23. The predicted octanol–water partition coefficient (Wildman–Crippen LogP) is 0.583. The van der Waals surface area contributed by atoms with Crippen molar-refractivity contribution in [1.29, 1.82) is 0 Å². The van der Waals surface area contributed by atoms with Crippen LogP contribution in [0.15, 0.2) is 18.0 Å². The monoisotopic (exact) mass is 203 g/mol. The molecule has 4 heteroatoms. The molecule has 1 aromatic rings. The molecule has 0 saturated heterocycles. The number of ketones is 1. The van der Waals surface area contributed by atoms with Crippen LogP contribution >= 0.6 is 0 Å². The Bertz CT molecular complexity index is 472. The van der Waals surface area contributed by atoms with E-state index in [2.05, 4.69) is 16.9 Å². The van der Waals surface area contributed by atoms with Gasteiger partial charge in [0, 0.05) is 18.3 Å². The maximum atomic E-state index is 11.8. The summed E-state index contributed by atoms with van der Waals surface area (Å²) in [6, 6.07) is 0.174. The molecule has 2 heterocycles. The molecule has 0 bridgehead atoms. The van der Waals surface area contributed by atoms with Crippen molar-refractivity contribution in [2.75, 3.05) is 13.6 Å². The Morgan fingerprint density at radius 1 is 1.60 bits per heavy atom. The highest BCUT2D eigenvalue weighted by Gasteiger charge is 2.34. The standard InChI is InChI=1S/C11H13N3O/c1-14-3-2-6-5-13-10-9(6)8(14)4-7(12)11(10)15/h4-5,8,13H,2-3,12H2,1H3. The van der Waals surface area contributed by atoms with E-state index in [1.807, 2.05) is 12.3 Å². The number of rotatable bonds is 0. The number of aromatic nitrogens is 1. The minimum Gasteiger partial charge on any atom is -0.396 e. The average molecular weight is 203 g/mol. The van der Waals surface area contributed by atoms with Crippen molar-refractivity contribution in [3.63, 3.8) is 0 Å². The molecule has 15 heavy (non-hydrogen) atoms. The number of allylic oxidation sites excluding steroid dienone is 1. The van der Waals surface area contributed by atoms with Crippen LogP contribution in [0.1, 0.15) is 27.7 Å². The lowest BCUT2D eigenvalue weighted by molar-refractivity contribution is 0.101. The maximum absolute atomic E-state index is 11.8. The average Bonchev–Trinajstić information content (AvgIpc) is 2.64. The first-order chi connectivity index (χ1) is 7.18. The van der Waals surface area contributed by atoms with E-state index < -0.39 is 0 Å². The smallest absolute Gasteiger partial charge is 0.224 e. The van der Waals surface area contributed by atoms with E-state index in [0.717, 1.165) is 18.5 Å². The fourth-order valence-corrected chi connectivity index (χ4v) is 2.46. The Morgan fingerprint density at radius 3 is 3.20 bits per heavy atom. The molecule has 2 aliphatic rings. The summed E-state index contributed by atoms with van der Waals surface area (Å²) in [7, 11) is 2.06. The van der Waals surface area contributed by atoms with Crippen LogP contribution in [-0.2, 0) is 6.42 Å². The van der Waals surface area contributed by atoms with Gasteiger partial charge >= 0.3 is 0 Å². The largest absolute Gasteiger partial charge is 0.396 e. The molecule has 1 aliphatic carbocycles. The van der Waals surface area contributed by atoms with Crippen molar-refractivity contribution >= 4 is 5.78 Å². The van der Waals surface area contributed by atoms with Crippen LogP contribution in [-0.4, -0.2) is 29.3 Å². The van der Waals surface area contributed by atoms with Gasteiger partial charge in [0.25, 0.3) is 0 Å². The third-order valence-corrected chi connectivity index (χ3v) is 3.34. The number of nitrogens with two attached hydrogens (primary N) is 1. The van der Waals surface area contributed by atoms with Gasteiger partial charge < -0.3 is 10.7 Å². The number of carbonyl (C=O) groups is 1. The van der Waals surface area contributed by atoms with Gasteiger partial charge in [-0.3, -0.25) is 9.69 Å². The summed E-state index contributed by atoms with van der Waals surface area (Å²) < 4.78 is 0. The summed E-state index contributed by atoms with van der Waals surface area (Å²) in [6.45, 7) is 1.01. The third-order valence-electron chi connectivity index (χ3n) is 3.34. The number of nitrogens with zero attached hydrogens (tertiary/aromatic N) is 1. The molecular weight excluding hydrogens is 190 g/mol. The van der Waals surface area contributed by atoms with E-state index in [1.54, 1.807) is 0 Å². The number of H-pyrrole nitrogens is 1. The van der Waals surface area contributed by atoms with Crippen LogP contribution in [0, 0.1) is 0 Å². The number of aromatic amines is 1. The predicted molar refractivity (Wildman–Crippen MR) is 56.5 cm³/mol. The van der Waals surface area contributed by atoms with Crippen LogP contribution in [0.3, 0.4) is 0 Å². The van der Waals surface area contributed by atoms with Gasteiger partial charge in [0.2, 0.25) is 5.78 Å². The number of hydrogen-bond donors (Lipinski definition) is 2. The molecule has 0 aromatic carbocycles. The summed E-state index contributed by atoms with van der Waals surface area (Å²) in [5, 5.41) is 0. The first-order valence-electron chi connectivity index (χ1n) is 5.11. The fraction of sp³-hybridized carbons (Fsp3) is 0.364. The van der Waals surface area contributed by atoms with Crippen molar-refractivity contribution < 1.29 is 4.79 Å². The Labute approximate surface area is 87.8 Å². The molecule has 1 aliphatic heterocycles. The molecule has 1 atom stereocenters. The first-order valence-corrected chi connectivity index (χ1v) is 5.11. The molecule has 0 radical (unpaired) electrons. The van der Waals surface area contributed by atoms with E-state index in [0.29, 0.717) is 11.4 Å². The van der Waals surface area contributed by atoms with Crippen molar-refractivity contribution in [2.45, 2.75) is 12.5 Å². The summed E-state index contributed by atoms with van der Waals surface area (Å²) in [4.78, 5) is 17.1. The van der Waals surface area contributed by atoms with Crippen LogP contribution in [0.5, 0.6) is 0 Å². The van der Waals surface area contributed by atoms with E-state index in [-0.39, 0.29) is 11.8 Å². The van der Waals surface area contributed by atoms with Gasteiger partial charge in [-0.15, -0.1) is 0 Å². The number of nitrogens with one attached hydrogen (secondary N) is 1. The normalized spacial score (nSPS) is 25.0. The zero-order valence-electron chi connectivity index (χ0n) is 8.58. The molecular formula is C11H13N3O. The van der Waals surface area contributed by atoms with Gasteiger partial charge in [-0.05, 0) is 25.1 Å². The van der Waals surface area contributed by atoms with E-state index in [4.69, 9.17) is 5.73 Å². The van der Waals surface area contributed by atoms with Gasteiger partial charge in [0.1, 0.15) is 0 Å². The van der Waals surface area contributed by atoms with Gasteiger partial charge in [0.15, 0.2) is 0 Å². The summed E-state index contributed by atoms with van der Waals surface area (Å²) in [5.74, 6) is -0.0669. The summed E-state index contributed by atoms with van der Waals surface area (Å²) in [6.07, 6.45) is 4.80. The highest BCUT2D eigenvalue weighted by atomic mass is 16.1. The second kappa shape index (κ2) is 2.73. The van der Waals surface area contributed by atoms with Gasteiger partial charge in [0.05, 0.1) is 17.4 Å². The van der Waals surface area contributed by atoms with Crippen molar-refractivity contribution in [2.24, 2.45) is 5.73 Å². The van der Waals surface area contributed by atoms with Crippen LogP contribution in [0.25, 0.3) is 0 Å². The summed E-state index contributed by atoms with van der Waals surface area (Å²) in [5.41, 5.74) is 9.14. The van der Waals surface area contributed by atoms with Crippen LogP contribution < -0.4 is 5.73 Å². The molecule has 3 rings (SSSR count). The zero-order chi connectivity index (χ0) is 10.6. The molecule has 4 nitrogen and oxygen atoms in total. The van der Waals surface area contributed by atoms with Crippen molar-refractivity contribution in [1.82, 2.24) is 9.88 Å². The summed E-state index contributed by atoms with van der Waals surface area (Å²) >= 11 is 0. The highest BCUT2D eigenvalue weighted by molar-refractivity contribution is 6.09. The lowest BCUT2D eigenvalue weighted by Crippen LogP contribution is -2.35. The van der Waals surface area contributed by atoms with Crippen molar-refractivity contribution in [3.8, 4) is 0 Å². The maximum Gasteiger partial charge on any atom is 0.224 e. The number of likely N-dealkylation sites (N-methyl/N-ethyl adjacent to an activating group) is 1. The van der Waals surface area contributed by atoms with E-state index in [1.165, 1.54) is 5.56 Å². The van der Waals surface area contributed by atoms with Crippen LogP contribution in [0.2, 0.25) is 0 Å². The minimum atomic E-state index is -0.0669. The SMILES string of the molecule is CN1CCc2c[nH]c3c2C1C=C(N)C3=O. The lowest BCUT2D eigenvalue weighted by Gasteiger charge is -2.33. The van der Waals surface area contributed by atoms with Gasteiger partial charge in [-0.2, -0.15) is 0 Å². The van der Waals surface area contributed by atoms with E-state index in [9.17, 15) is 4.79 Å². The number of hydrogen-bond acceptors (Lipinski definition) is 3. The lowest BCUT2D eigenvalue weighted by atomic mass is 9.88. The Morgan fingerprint density at radius 2 is 2.40 bits per heavy atom. The number of carbonyl (C=O) groups excluding carboxylic acids is 1. The molecule has 0 saturated carbocycles. The van der Waals surface area contributed by atoms with Gasteiger partial charge in [-0.25, -0.2) is 0 Å². The fourth-order valence-electron chi connectivity index (χ4n) is 2.46. The Kier molecular flexibility index (Phi) is 1.59. The first kappa shape index (κ1) is 8.73. The molecule has 0 amide bonds. The Balaban J connectivity index is 2.24. The Hall–Kier alpha value is -1.55. The molecule has 1 unspecified atom stereocenters. The molecule has 78 valence electrons. The molecule has 3 N–H and O–H groups in total. The zero-order valence-corrected chi connectivity index (χ0v) is 8.58. The number of Topliss-reactive ketones (excluding diaryl/α,β-unsaturated/α-hetero) is 1. The second-order valence-electron chi connectivity index (χ2n) is 4.23. The minimum absolute atomic E-state index is 0.0669. The highest BCUT2D eigenvalue weighted by Crippen LogP contribution is 2.36. The molecule has 1 aromatic heterocycles. The van der Waals surface area contributed by atoms with Crippen molar-refractivity contribution in [3.05, 3.63) is 34.8 Å². The van der Waals surface area contributed by atoms with E-state index >= 15 is 0 Å². The quantitative estimate of drug-likeness (QED) is 0.648. The topological polar surface area (TPSA) is 62.1 Å². The third kappa shape index (κ3) is 1.02. The molecule has 0 spiro atoms. The van der Waals surface area contributed by atoms with Gasteiger partial charge in [-0.1, -0.05) is 0 Å². The van der Waals surface area contributed by atoms with Crippen LogP contribution in [0.4, 0.5) is 0 Å². The molecule has 0 fully saturated rings.